The van der Waals surface area contributed by atoms with E-state index in [4.69, 9.17) is 14.2 Å². The van der Waals surface area contributed by atoms with Gasteiger partial charge in [-0.05, 0) is 31.1 Å². The average Bonchev–Trinajstić information content (AvgIpc) is 3.16. The first-order chi connectivity index (χ1) is 27.2. The number of carbonyl (C=O) groups is 3. The van der Waals surface area contributed by atoms with Crippen molar-refractivity contribution < 1.29 is 28.6 Å². The van der Waals surface area contributed by atoms with Crippen LogP contribution in [0.5, 0.6) is 0 Å². The summed E-state index contributed by atoms with van der Waals surface area (Å²) in [5.74, 6) is 0.807. The molecule has 0 fully saturated rings. The highest BCUT2D eigenvalue weighted by Gasteiger charge is 2.19. The van der Waals surface area contributed by atoms with Crippen LogP contribution in [-0.2, 0) is 28.6 Å². The van der Waals surface area contributed by atoms with Crippen LogP contribution in [0, 0.1) is 11.8 Å². The molecule has 6 heteroatoms. The molecule has 0 rings (SSSR count). The number of hydrogen-bond acceptors (Lipinski definition) is 6. The van der Waals surface area contributed by atoms with E-state index in [-0.39, 0.29) is 31.1 Å². The SMILES string of the molecule is CCCCCCCCCC(=O)OC[C@@H](COC(=O)CCCCCCCCCCCCCCCCCC(C)C)OC(=O)CCCCCCCCCCCCC(C)C. The Hall–Kier alpha value is -1.59. The summed E-state index contributed by atoms with van der Waals surface area (Å²) >= 11 is 0. The lowest BCUT2D eigenvalue weighted by atomic mass is 10.0. The summed E-state index contributed by atoms with van der Waals surface area (Å²) in [6.07, 6.45) is 42.5. The Morgan fingerprint density at radius 3 is 0.875 bits per heavy atom. The smallest absolute Gasteiger partial charge is 0.306 e. The van der Waals surface area contributed by atoms with E-state index >= 15 is 0 Å². The Balaban J connectivity index is 4.19. The van der Waals surface area contributed by atoms with Crippen LogP contribution in [0.1, 0.15) is 272 Å². The predicted octanol–water partition coefficient (Wildman–Crippen LogP) is 15.8. The minimum absolute atomic E-state index is 0.0644. The summed E-state index contributed by atoms with van der Waals surface area (Å²) in [5, 5.41) is 0. The zero-order valence-electron chi connectivity index (χ0n) is 38.3. The molecule has 0 unspecified atom stereocenters. The van der Waals surface area contributed by atoms with Crippen LogP contribution in [0.25, 0.3) is 0 Å². The Kier molecular flexibility index (Phi) is 41.8. The van der Waals surface area contributed by atoms with Crippen LogP contribution in [-0.4, -0.2) is 37.2 Å². The van der Waals surface area contributed by atoms with Gasteiger partial charge in [-0.1, -0.05) is 234 Å². The molecule has 6 nitrogen and oxygen atoms in total. The van der Waals surface area contributed by atoms with E-state index < -0.39 is 6.10 Å². The fourth-order valence-electron chi connectivity index (χ4n) is 7.46. The Bertz CT molecular complexity index is 854. The second-order valence-electron chi connectivity index (χ2n) is 18.1. The highest BCUT2D eigenvalue weighted by Crippen LogP contribution is 2.17. The Morgan fingerprint density at radius 2 is 0.589 bits per heavy atom. The van der Waals surface area contributed by atoms with Crippen molar-refractivity contribution in [3.8, 4) is 0 Å². The maximum absolute atomic E-state index is 12.7. The predicted molar refractivity (Wildman–Crippen MR) is 238 cm³/mol. The number of hydrogen-bond donors (Lipinski definition) is 0. The molecular formula is C50H96O6. The third kappa shape index (κ3) is 43.5. The van der Waals surface area contributed by atoms with Crippen LogP contribution in [0.4, 0.5) is 0 Å². The number of unbranched alkanes of at least 4 members (excludes halogenated alkanes) is 29. The normalized spacial score (nSPS) is 12.1. The second kappa shape index (κ2) is 43.0. The number of rotatable bonds is 44. The van der Waals surface area contributed by atoms with Crippen LogP contribution in [0.15, 0.2) is 0 Å². The van der Waals surface area contributed by atoms with Gasteiger partial charge in [-0.25, -0.2) is 0 Å². The van der Waals surface area contributed by atoms with Gasteiger partial charge in [0.15, 0.2) is 6.10 Å². The van der Waals surface area contributed by atoms with Crippen molar-refractivity contribution in [2.45, 2.75) is 278 Å². The molecule has 0 spiro atoms. The number of esters is 3. The quantitative estimate of drug-likeness (QED) is 0.0347. The summed E-state index contributed by atoms with van der Waals surface area (Å²) in [4.78, 5) is 37.7. The lowest BCUT2D eigenvalue weighted by molar-refractivity contribution is -0.167. The molecule has 0 aromatic heterocycles. The first-order valence-corrected chi connectivity index (χ1v) is 24.7. The van der Waals surface area contributed by atoms with Gasteiger partial charge in [0.2, 0.25) is 0 Å². The molecule has 0 amide bonds. The third-order valence-corrected chi connectivity index (χ3v) is 11.2. The topological polar surface area (TPSA) is 78.9 Å². The zero-order chi connectivity index (χ0) is 41.2. The monoisotopic (exact) mass is 793 g/mol. The van der Waals surface area contributed by atoms with E-state index in [0.717, 1.165) is 69.6 Å². The highest BCUT2D eigenvalue weighted by atomic mass is 16.6. The van der Waals surface area contributed by atoms with Crippen molar-refractivity contribution in [1.29, 1.82) is 0 Å². The summed E-state index contributed by atoms with van der Waals surface area (Å²) in [7, 11) is 0. The number of carbonyl (C=O) groups excluding carboxylic acids is 3. The molecule has 0 aliphatic rings. The van der Waals surface area contributed by atoms with E-state index in [1.165, 1.54) is 161 Å². The summed E-state index contributed by atoms with van der Waals surface area (Å²) in [5.41, 5.74) is 0. The largest absolute Gasteiger partial charge is 0.462 e. The third-order valence-electron chi connectivity index (χ3n) is 11.2. The molecule has 0 N–H and O–H groups in total. The fourth-order valence-corrected chi connectivity index (χ4v) is 7.46. The standard InChI is InChI=1S/C50H96O6/c1-6-7-8-9-23-30-35-40-48(51)54-43-47(56-50(53)42-37-32-27-22-18-17-20-25-29-34-39-46(4)5)44-55-49(52)41-36-31-26-21-16-14-12-10-11-13-15-19-24-28-33-38-45(2)3/h45-47H,6-44H2,1-5H3/t47-/m0/s1. The summed E-state index contributed by atoms with van der Waals surface area (Å²) in [6, 6.07) is 0. The molecule has 0 radical (unpaired) electrons. The van der Waals surface area contributed by atoms with Crippen LogP contribution in [0.2, 0.25) is 0 Å². The summed E-state index contributed by atoms with van der Waals surface area (Å²) in [6.45, 7) is 11.3. The van der Waals surface area contributed by atoms with Gasteiger partial charge in [-0.2, -0.15) is 0 Å². The highest BCUT2D eigenvalue weighted by molar-refractivity contribution is 5.71. The van der Waals surface area contributed by atoms with Gasteiger partial charge in [-0.15, -0.1) is 0 Å². The molecule has 0 aliphatic heterocycles. The Morgan fingerprint density at radius 1 is 0.339 bits per heavy atom. The van der Waals surface area contributed by atoms with Gasteiger partial charge in [0.25, 0.3) is 0 Å². The fraction of sp³-hybridized carbons (Fsp3) is 0.940. The molecule has 0 aliphatic carbocycles. The van der Waals surface area contributed by atoms with E-state index in [0.29, 0.717) is 19.3 Å². The molecule has 332 valence electrons. The van der Waals surface area contributed by atoms with Gasteiger partial charge >= 0.3 is 17.9 Å². The van der Waals surface area contributed by atoms with Crippen molar-refractivity contribution in [2.24, 2.45) is 11.8 Å². The van der Waals surface area contributed by atoms with Crippen LogP contribution in [0.3, 0.4) is 0 Å². The first-order valence-electron chi connectivity index (χ1n) is 24.7. The van der Waals surface area contributed by atoms with Gasteiger partial charge in [-0.3, -0.25) is 14.4 Å². The van der Waals surface area contributed by atoms with Crippen LogP contribution >= 0.6 is 0 Å². The van der Waals surface area contributed by atoms with Crippen molar-refractivity contribution in [3.05, 3.63) is 0 Å². The van der Waals surface area contributed by atoms with Gasteiger partial charge < -0.3 is 14.2 Å². The van der Waals surface area contributed by atoms with Crippen molar-refractivity contribution in [3.63, 3.8) is 0 Å². The Labute approximate surface area is 348 Å². The number of ether oxygens (including phenoxy) is 3. The minimum atomic E-state index is -0.760. The molecule has 0 aromatic carbocycles. The maximum atomic E-state index is 12.7. The van der Waals surface area contributed by atoms with Crippen molar-refractivity contribution >= 4 is 17.9 Å². The van der Waals surface area contributed by atoms with E-state index in [1.54, 1.807) is 0 Å². The molecular weight excluding hydrogens is 697 g/mol. The summed E-state index contributed by atoms with van der Waals surface area (Å²) < 4.78 is 16.7. The maximum Gasteiger partial charge on any atom is 0.306 e. The van der Waals surface area contributed by atoms with Gasteiger partial charge in [0.05, 0.1) is 0 Å². The minimum Gasteiger partial charge on any atom is -0.462 e. The van der Waals surface area contributed by atoms with E-state index in [2.05, 4.69) is 34.6 Å². The lowest BCUT2D eigenvalue weighted by Crippen LogP contribution is -2.30. The molecule has 56 heavy (non-hydrogen) atoms. The van der Waals surface area contributed by atoms with Gasteiger partial charge in [0.1, 0.15) is 13.2 Å². The molecule has 0 heterocycles. The zero-order valence-corrected chi connectivity index (χ0v) is 38.3. The molecule has 0 aromatic rings. The molecule has 0 saturated heterocycles. The molecule has 1 atom stereocenters. The molecule has 0 bridgehead atoms. The average molecular weight is 793 g/mol. The van der Waals surface area contributed by atoms with Crippen molar-refractivity contribution in [2.75, 3.05) is 13.2 Å². The van der Waals surface area contributed by atoms with Crippen LogP contribution < -0.4 is 0 Å². The molecule has 0 saturated carbocycles. The van der Waals surface area contributed by atoms with E-state index in [1.807, 2.05) is 0 Å². The second-order valence-corrected chi connectivity index (χ2v) is 18.1. The van der Waals surface area contributed by atoms with Crippen molar-refractivity contribution in [1.82, 2.24) is 0 Å². The van der Waals surface area contributed by atoms with Gasteiger partial charge in [0, 0.05) is 19.3 Å². The lowest BCUT2D eigenvalue weighted by Gasteiger charge is -2.18. The van der Waals surface area contributed by atoms with E-state index in [9.17, 15) is 14.4 Å². The first kappa shape index (κ1) is 54.4.